The smallest absolute Gasteiger partial charge is 0.312 e. The van der Waals surface area contributed by atoms with E-state index in [2.05, 4.69) is 39.3 Å². The number of carbonyl (C=O) groups is 1. The molecule has 0 heterocycles. The highest BCUT2D eigenvalue weighted by molar-refractivity contribution is 7.05. The van der Waals surface area contributed by atoms with Gasteiger partial charge in [-0.2, -0.15) is 0 Å². The standard InChI is InChI=1S/C13H32O4Si4/c1-12(2)13(14)19(6,7)16-21(10,11)17-20(8,9)15-18(3,4)5/h1H2,2-11H3. The molecule has 0 spiro atoms. The van der Waals surface area contributed by atoms with E-state index in [-0.39, 0.29) is 5.41 Å². The Balaban J connectivity index is 4.99. The van der Waals surface area contributed by atoms with Gasteiger partial charge in [0.05, 0.1) is 0 Å². The Morgan fingerprint density at radius 2 is 1.14 bits per heavy atom. The molecular formula is C13H32O4Si4. The van der Waals surface area contributed by atoms with Gasteiger partial charge in [-0.15, -0.1) is 0 Å². The number of allylic oxidation sites excluding steroid dienone is 1. The van der Waals surface area contributed by atoms with Crippen molar-refractivity contribution in [3.8, 4) is 0 Å². The maximum atomic E-state index is 12.2. The highest BCUT2D eigenvalue weighted by Gasteiger charge is 2.45. The Morgan fingerprint density at radius 1 is 0.762 bits per heavy atom. The maximum Gasteiger partial charge on any atom is 0.312 e. The molecule has 0 aromatic rings. The lowest BCUT2D eigenvalue weighted by molar-refractivity contribution is -0.110. The van der Waals surface area contributed by atoms with Crippen LogP contribution in [-0.4, -0.2) is 39.2 Å². The van der Waals surface area contributed by atoms with E-state index >= 15 is 0 Å². The van der Waals surface area contributed by atoms with Gasteiger partial charge in [-0.05, 0) is 71.4 Å². The van der Waals surface area contributed by atoms with E-state index in [1.165, 1.54) is 0 Å². The largest absolute Gasteiger partial charge is 0.437 e. The number of hydrogen-bond acceptors (Lipinski definition) is 4. The molecule has 0 bridgehead atoms. The van der Waals surface area contributed by atoms with Crippen LogP contribution in [0.2, 0.25) is 58.9 Å². The molecule has 0 aliphatic carbocycles. The van der Waals surface area contributed by atoms with Crippen molar-refractivity contribution in [1.82, 2.24) is 0 Å². The van der Waals surface area contributed by atoms with E-state index < -0.39 is 33.8 Å². The third kappa shape index (κ3) is 8.38. The molecule has 0 aliphatic heterocycles. The second kappa shape index (κ2) is 6.73. The van der Waals surface area contributed by atoms with E-state index in [0.29, 0.717) is 5.57 Å². The Morgan fingerprint density at radius 3 is 1.48 bits per heavy atom. The zero-order valence-electron chi connectivity index (χ0n) is 15.3. The van der Waals surface area contributed by atoms with Crippen molar-refractivity contribution in [3.63, 3.8) is 0 Å². The van der Waals surface area contributed by atoms with Crippen molar-refractivity contribution in [2.75, 3.05) is 0 Å². The minimum absolute atomic E-state index is 0.0530. The second-order valence-electron chi connectivity index (χ2n) is 7.84. The fourth-order valence-corrected chi connectivity index (χ4v) is 20.6. The summed E-state index contributed by atoms with van der Waals surface area (Å²) in [6, 6.07) is 0. The molecule has 0 saturated heterocycles. The molecule has 0 N–H and O–H groups in total. The van der Waals surface area contributed by atoms with Crippen molar-refractivity contribution < 1.29 is 17.1 Å². The molecule has 0 aromatic carbocycles. The molecule has 0 fully saturated rings. The van der Waals surface area contributed by atoms with Gasteiger partial charge in [-0.3, -0.25) is 4.79 Å². The summed E-state index contributed by atoms with van der Waals surface area (Å²) in [6.07, 6.45) is 0. The lowest BCUT2D eigenvalue weighted by Crippen LogP contribution is -2.58. The predicted octanol–water partition coefficient (Wildman–Crippen LogP) is 4.16. The topological polar surface area (TPSA) is 44.8 Å². The Bertz CT molecular complexity index is 411. The van der Waals surface area contributed by atoms with Gasteiger partial charge in [0.25, 0.3) is 8.32 Å². The number of carbonyl (C=O) groups excluding carboxylic acids is 1. The third-order valence-corrected chi connectivity index (χ3v) is 16.4. The zero-order chi connectivity index (χ0) is 17.3. The second-order valence-corrected chi connectivity index (χ2v) is 23.6. The molecule has 0 rings (SSSR count). The van der Waals surface area contributed by atoms with E-state index in [1.807, 2.05) is 26.2 Å². The summed E-state index contributed by atoms with van der Waals surface area (Å²) in [5.41, 5.74) is 0.561. The minimum Gasteiger partial charge on any atom is -0.437 e. The summed E-state index contributed by atoms with van der Waals surface area (Å²) in [7, 11) is -8.82. The van der Waals surface area contributed by atoms with Crippen LogP contribution in [-0.2, 0) is 17.1 Å². The van der Waals surface area contributed by atoms with Crippen LogP contribution in [0.15, 0.2) is 12.2 Å². The third-order valence-electron chi connectivity index (χ3n) is 2.48. The highest BCUT2D eigenvalue weighted by atomic mass is 28.5. The van der Waals surface area contributed by atoms with Crippen molar-refractivity contribution in [1.29, 1.82) is 0 Å². The van der Waals surface area contributed by atoms with Gasteiger partial charge in [0.15, 0.2) is 13.7 Å². The van der Waals surface area contributed by atoms with Crippen LogP contribution in [0.5, 0.6) is 0 Å². The van der Waals surface area contributed by atoms with E-state index in [0.717, 1.165) is 0 Å². The quantitative estimate of drug-likeness (QED) is 0.479. The Hall–Kier alpha value is 0.158. The van der Waals surface area contributed by atoms with E-state index in [9.17, 15) is 4.79 Å². The molecule has 0 aliphatic rings. The summed E-state index contributed by atoms with van der Waals surface area (Å²) in [5.74, 6) is 0. The van der Waals surface area contributed by atoms with Gasteiger partial charge in [0, 0.05) is 0 Å². The first-order valence-corrected chi connectivity index (χ1v) is 19.2. The molecular weight excluding hydrogens is 332 g/mol. The van der Waals surface area contributed by atoms with Crippen LogP contribution in [0.25, 0.3) is 0 Å². The van der Waals surface area contributed by atoms with Crippen LogP contribution in [0.1, 0.15) is 6.92 Å². The van der Waals surface area contributed by atoms with Crippen LogP contribution >= 0.6 is 0 Å². The van der Waals surface area contributed by atoms with Crippen LogP contribution < -0.4 is 0 Å². The van der Waals surface area contributed by atoms with Gasteiger partial charge in [0.2, 0.25) is 0 Å². The van der Waals surface area contributed by atoms with E-state index in [4.69, 9.17) is 12.3 Å². The molecule has 0 saturated carbocycles. The molecule has 21 heavy (non-hydrogen) atoms. The fraction of sp³-hybridized carbons (Fsp3) is 0.769. The van der Waals surface area contributed by atoms with Crippen LogP contribution in [0.4, 0.5) is 0 Å². The fourth-order valence-electron chi connectivity index (χ4n) is 2.55. The molecule has 0 aromatic heterocycles. The monoisotopic (exact) mass is 364 g/mol. The molecule has 4 nitrogen and oxygen atoms in total. The van der Waals surface area contributed by atoms with Crippen molar-refractivity contribution in [2.45, 2.75) is 65.8 Å². The summed E-state index contributed by atoms with van der Waals surface area (Å²) in [5, 5.41) is 0.0530. The van der Waals surface area contributed by atoms with Gasteiger partial charge in [0.1, 0.15) is 0 Å². The normalized spacial score (nSPS) is 14.2. The lowest BCUT2D eigenvalue weighted by Gasteiger charge is -2.39. The molecule has 0 unspecified atom stereocenters. The summed E-state index contributed by atoms with van der Waals surface area (Å²) in [4.78, 5) is 12.2. The first-order chi connectivity index (χ1) is 8.98. The van der Waals surface area contributed by atoms with Crippen molar-refractivity contribution >= 4 is 39.2 Å². The summed E-state index contributed by atoms with van der Waals surface area (Å²) < 4.78 is 18.7. The number of rotatable bonds is 8. The molecule has 8 heteroatoms. The van der Waals surface area contributed by atoms with Gasteiger partial charge in [-0.1, -0.05) is 6.58 Å². The van der Waals surface area contributed by atoms with Crippen LogP contribution in [0.3, 0.4) is 0 Å². The Kier molecular flexibility index (Phi) is 6.78. The Labute approximate surface area is 134 Å². The van der Waals surface area contributed by atoms with Gasteiger partial charge >= 0.3 is 17.1 Å². The van der Waals surface area contributed by atoms with Gasteiger partial charge in [-0.25, -0.2) is 0 Å². The first kappa shape index (κ1) is 21.2. The SMILES string of the molecule is C=C(C)C(=O)[Si](C)(C)O[Si](C)(C)O[Si](C)(C)O[Si](C)(C)C. The molecule has 0 atom stereocenters. The van der Waals surface area contributed by atoms with Crippen molar-refractivity contribution in [2.24, 2.45) is 0 Å². The molecule has 124 valence electrons. The molecule has 0 amide bonds. The first-order valence-electron chi connectivity index (χ1n) is 7.28. The summed E-state index contributed by atoms with van der Waals surface area (Å²) >= 11 is 0. The van der Waals surface area contributed by atoms with Crippen LogP contribution in [0, 0.1) is 0 Å². The summed E-state index contributed by atoms with van der Waals surface area (Å²) in [6.45, 7) is 23.9. The zero-order valence-corrected chi connectivity index (χ0v) is 19.3. The van der Waals surface area contributed by atoms with Crippen molar-refractivity contribution in [3.05, 3.63) is 12.2 Å². The average molecular weight is 365 g/mol. The predicted molar refractivity (Wildman–Crippen MR) is 98.9 cm³/mol. The average Bonchev–Trinajstić information content (AvgIpc) is 2.07. The maximum absolute atomic E-state index is 12.2. The van der Waals surface area contributed by atoms with E-state index in [1.54, 1.807) is 6.92 Å². The number of hydrogen-bond donors (Lipinski definition) is 0. The highest BCUT2D eigenvalue weighted by Crippen LogP contribution is 2.24. The minimum atomic E-state index is -2.49. The van der Waals surface area contributed by atoms with Gasteiger partial charge < -0.3 is 12.3 Å². The molecule has 0 radical (unpaired) electrons. The lowest BCUT2D eigenvalue weighted by atomic mass is 10.4.